The zero-order chi connectivity index (χ0) is 12.3. The van der Waals surface area contributed by atoms with Gasteiger partial charge in [-0.05, 0) is 26.4 Å². The first kappa shape index (κ1) is 15.5. The van der Waals surface area contributed by atoms with Gasteiger partial charge in [-0.1, -0.05) is 48.0 Å². The van der Waals surface area contributed by atoms with E-state index in [9.17, 15) is 0 Å². The molecule has 1 heterocycles. The summed E-state index contributed by atoms with van der Waals surface area (Å²) in [5, 5.41) is 1.18. The molecule has 0 atom stereocenters. The first-order valence-corrected chi connectivity index (χ1v) is 8.42. The van der Waals surface area contributed by atoms with Crippen LogP contribution >= 0.6 is 15.9 Å². The van der Waals surface area contributed by atoms with Crippen molar-refractivity contribution in [3.05, 3.63) is 0 Å². The van der Waals surface area contributed by atoms with E-state index >= 15 is 0 Å². The number of hydrogen-bond donors (Lipinski definition) is 0. The molecule has 2 nitrogen and oxygen atoms in total. The van der Waals surface area contributed by atoms with Crippen molar-refractivity contribution in [3.63, 3.8) is 0 Å². The Kier molecular flexibility index (Phi) is 9.40. The Morgan fingerprint density at radius 1 is 0.765 bits per heavy atom. The van der Waals surface area contributed by atoms with Gasteiger partial charge in [-0.3, -0.25) is 0 Å². The lowest BCUT2D eigenvalue weighted by molar-refractivity contribution is 0.152. The predicted octanol–water partition coefficient (Wildman–Crippen LogP) is 3.36. The largest absolute Gasteiger partial charge is 0.304 e. The lowest BCUT2D eigenvalue weighted by Gasteiger charge is -2.32. The SMILES string of the molecule is CN1CCN(CCCCCCCCCBr)CC1. The maximum absolute atomic E-state index is 3.48. The molecule has 1 aliphatic rings. The molecule has 1 aliphatic heterocycles. The molecule has 0 N–H and O–H groups in total. The van der Waals surface area contributed by atoms with Gasteiger partial charge in [0.05, 0.1) is 0 Å². The lowest BCUT2D eigenvalue weighted by Crippen LogP contribution is -2.44. The highest BCUT2D eigenvalue weighted by molar-refractivity contribution is 9.09. The summed E-state index contributed by atoms with van der Waals surface area (Å²) in [5.41, 5.74) is 0. The molecule has 1 rings (SSSR count). The molecular weight excluding hydrogens is 276 g/mol. The molecule has 1 saturated heterocycles. The first-order chi connectivity index (χ1) is 8.33. The van der Waals surface area contributed by atoms with E-state index in [0.717, 1.165) is 0 Å². The van der Waals surface area contributed by atoms with Gasteiger partial charge in [-0.15, -0.1) is 0 Å². The normalized spacial score (nSPS) is 18.7. The third-order valence-corrected chi connectivity index (χ3v) is 4.26. The number of rotatable bonds is 9. The average molecular weight is 305 g/mol. The summed E-state index contributed by atoms with van der Waals surface area (Å²) in [5.74, 6) is 0. The fourth-order valence-electron chi connectivity index (χ4n) is 2.39. The fourth-order valence-corrected chi connectivity index (χ4v) is 2.78. The Labute approximate surface area is 116 Å². The van der Waals surface area contributed by atoms with Gasteiger partial charge < -0.3 is 9.80 Å². The zero-order valence-electron chi connectivity index (χ0n) is 11.5. The summed E-state index contributed by atoms with van der Waals surface area (Å²) in [7, 11) is 2.23. The topological polar surface area (TPSA) is 6.48 Å². The maximum atomic E-state index is 3.48. The molecule has 0 spiro atoms. The third-order valence-electron chi connectivity index (χ3n) is 3.70. The van der Waals surface area contributed by atoms with E-state index in [1.165, 1.54) is 83.0 Å². The summed E-state index contributed by atoms with van der Waals surface area (Å²) in [6.45, 7) is 6.40. The molecular formula is C14H29BrN2. The molecule has 0 aromatic rings. The van der Waals surface area contributed by atoms with Crippen LogP contribution in [-0.2, 0) is 0 Å². The van der Waals surface area contributed by atoms with Gasteiger partial charge in [0.1, 0.15) is 0 Å². The van der Waals surface area contributed by atoms with Crippen LogP contribution in [0.15, 0.2) is 0 Å². The number of hydrogen-bond acceptors (Lipinski definition) is 2. The monoisotopic (exact) mass is 304 g/mol. The van der Waals surface area contributed by atoms with Crippen LogP contribution in [0.25, 0.3) is 0 Å². The fraction of sp³-hybridized carbons (Fsp3) is 1.00. The quantitative estimate of drug-likeness (QED) is 0.476. The van der Waals surface area contributed by atoms with Crippen molar-refractivity contribution in [3.8, 4) is 0 Å². The Morgan fingerprint density at radius 3 is 1.88 bits per heavy atom. The Hall–Kier alpha value is 0.400. The van der Waals surface area contributed by atoms with Crippen LogP contribution in [0, 0.1) is 0 Å². The molecule has 0 radical (unpaired) electrons. The number of piperazine rings is 1. The summed E-state index contributed by atoms with van der Waals surface area (Å²) in [4.78, 5) is 5.06. The average Bonchev–Trinajstić information content (AvgIpc) is 2.35. The van der Waals surface area contributed by atoms with Crippen LogP contribution in [0.3, 0.4) is 0 Å². The second kappa shape index (κ2) is 10.3. The van der Waals surface area contributed by atoms with Gasteiger partial charge in [0.25, 0.3) is 0 Å². The molecule has 102 valence electrons. The number of unbranched alkanes of at least 4 members (excludes halogenated alkanes) is 6. The van der Waals surface area contributed by atoms with Crippen molar-refractivity contribution in [2.45, 2.75) is 44.9 Å². The zero-order valence-corrected chi connectivity index (χ0v) is 13.1. The molecule has 0 aliphatic carbocycles. The van der Waals surface area contributed by atoms with E-state index in [-0.39, 0.29) is 0 Å². The summed E-state index contributed by atoms with van der Waals surface area (Å²) >= 11 is 3.48. The van der Waals surface area contributed by atoms with E-state index in [1.54, 1.807) is 0 Å². The highest BCUT2D eigenvalue weighted by Gasteiger charge is 2.12. The molecule has 1 fully saturated rings. The summed E-state index contributed by atoms with van der Waals surface area (Å²) < 4.78 is 0. The first-order valence-electron chi connectivity index (χ1n) is 7.30. The maximum Gasteiger partial charge on any atom is 0.0110 e. The summed E-state index contributed by atoms with van der Waals surface area (Å²) in [6.07, 6.45) is 9.90. The van der Waals surface area contributed by atoms with E-state index < -0.39 is 0 Å². The van der Waals surface area contributed by atoms with Gasteiger partial charge in [-0.2, -0.15) is 0 Å². The second-order valence-electron chi connectivity index (χ2n) is 5.31. The van der Waals surface area contributed by atoms with E-state index in [4.69, 9.17) is 0 Å². The van der Waals surface area contributed by atoms with Crippen LogP contribution in [0.2, 0.25) is 0 Å². The van der Waals surface area contributed by atoms with Gasteiger partial charge in [0.2, 0.25) is 0 Å². The molecule has 0 saturated carbocycles. The smallest absolute Gasteiger partial charge is 0.0110 e. The van der Waals surface area contributed by atoms with Crippen molar-refractivity contribution in [2.24, 2.45) is 0 Å². The second-order valence-corrected chi connectivity index (χ2v) is 6.10. The highest BCUT2D eigenvalue weighted by Crippen LogP contribution is 2.09. The third kappa shape index (κ3) is 8.17. The standard InChI is InChI=1S/C14H29BrN2/c1-16-11-13-17(14-12-16)10-8-6-4-2-3-5-7-9-15/h2-14H2,1H3. The minimum atomic E-state index is 1.18. The Balaban J connectivity index is 1.81. The molecule has 0 unspecified atom stereocenters. The number of alkyl halides is 1. The molecule has 0 bridgehead atoms. The summed E-state index contributed by atoms with van der Waals surface area (Å²) in [6, 6.07) is 0. The Morgan fingerprint density at radius 2 is 1.29 bits per heavy atom. The minimum Gasteiger partial charge on any atom is -0.304 e. The molecule has 3 heteroatoms. The highest BCUT2D eigenvalue weighted by atomic mass is 79.9. The van der Waals surface area contributed by atoms with E-state index in [0.29, 0.717) is 0 Å². The molecule has 17 heavy (non-hydrogen) atoms. The van der Waals surface area contributed by atoms with Gasteiger partial charge in [0.15, 0.2) is 0 Å². The van der Waals surface area contributed by atoms with Gasteiger partial charge in [0, 0.05) is 31.5 Å². The van der Waals surface area contributed by atoms with Crippen LogP contribution in [0.1, 0.15) is 44.9 Å². The van der Waals surface area contributed by atoms with Crippen molar-refractivity contribution >= 4 is 15.9 Å². The number of halogens is 1. The van der Waals surface area contributed by atoms with Gasteiger partial charge >= 0.3 is 0 Å². The van der Waals surface area contributed by atoms with Crippen LogP contribution in [-0.4, -0.2) is 54.9 Å². The Bertz CT molecular complexity index is 168. The van der Waals surface area contributed by atoms with Crippen molar-refractivity contribution in [1.82, 2.24) is 9.80 Å². The number of likely N-dealkylation sites (N-methyl/N-ethyl adjacent to an activating group) is 1. The van der Waals surface area contributed by atoms with E-state index in [2.05, 4.69) is 32.8 Å². The molecule has 0 aromatic heterocycles. The van der Waals surface area contributed by atoms with E-state index in [1.807, 2.05) is 0 Å². The van der Waals surface area contributed by atoms with Crippen molar-refractivity contribution in [1.29, 1.82) is 0 Å². The van der Waals surface area contributed by atoms with Crippen molar-refractivity contribution in [2.75, 3.05) is 45.1 Å². The van der Waals surface area contributed by atoms with Crippen LogP contribution < -0.4 is 0 Å². The lowest BCUT2D eigenvalue weighted by atomic mass is 10.1. The van der Waals surface area contributed by atoms with Crippen LogP contribution in [0.4, 0.5) is 0 Å². The van der Waals surface area contributed by atoms with Crippen LogP contribution in [0.5, 0.6) is 0 Å². The number of nitrogens with zero attached hydrogens (tertiary/aromatic N) is 2. The minimum absolute atomic E-state index is 1.18. The van der Waals surface area contributed by atoms with Gasteiger partial charge in [-0.25, -0.2) is 0 Å². The molecule has 0 aromatic carbocycles. The van der Waals surface area contributed by atoms with Crippen molar-refractivity contribution < 1.29 is 0 Å². The predicted molar refractivity (Wildman–Crippen MR) is 80.1 cm³/mol. The molecule has 0 amide bonds.